The summed E-state index contributed by atoms with van der Waals surface area (Å²) >= 11 is 1.63. The van der Waals surface area contributed by atoms with Crippen LogP contribution in [0.15, 0.2) is 71.8 Å². The van der Waals surface area contributed by atoms with Crippen molar-refractivity contribution in [3.8, 4) is 16.3 Å². The van der Waals surface area contributed by atoms with Gasteiger partial charge in [-0.1, -0.05) is 6.07 Å². The second-order valence-corrected chi connectivity index (χ2v) is 7.84. The first-order valence-corrected chi connectivity index (χ1v) is 10.4. The monoisotopic (exact) mass is 438 g/mol. The molecule has 3 aromatic rings. The van der Waals surface area contributed by atoms with E-state index in [2.05, 4.69) is 0 Å². The SMILES string of the molecule is Cn1c(/C=C2/C=CC(c3ccc(OCC(N)=O)cc3)=[N+]2B(F)F)ccc1-c1cccs1. The molecule has 1 aliphatic rings. The number of benzene rings is 1. The highest BCUT2D eigenvalue weighted by molar-refractivity contribution is 7.13. The Morgan fingerprint density at radius 1 is 1.19 bits per heavy atom. The van der Waals surface area contributed by atoms with Crippen molar-refractivity contribution < 1.29 is 22.6 Å². The highest BCUT2D eigenvalue weighted by Crippen LogP contribution is 2.28. The summed E-state index contributed by atoms with van der Waals surface area (Å²) in [4.78, 5) is 11.9. The van der Waals surface area contributed by atoms with E-state index < -0.39 is 13.3 Å². The van der Waals surface area contributed by atoms with Crippen molar-refractivity contribution in [1.82, 2.24) is 4.57 Å². The molecule has 0 spiro atoms. The molecule has 5 nitrogen and oxygen atoms in total. The van der Waals surface area contributed by atoms with Crippen LogP contribution in [0.1, 0.15) is 11.3 Å². The number of rotatable bonds is 7. The van der Waals surface area contributed by atoms with E-state index in [4.69, 9.17) is 10.5 Å². The molecule has 2 aromatic heterocycles. The average Bonchev–Trinajstić information content (AvgIpc) is 3.48. The number of hydrogen-bond donors (Lipinski definition) is 1. The van der Waals surface area contributed by atoms with E-state index in [1.54, 1.807) is 53.8 Å². The predicted octanol–water partition coefficient (Wildman–Crippen LogP) is 3.95. The lowest BCUT2D eigenvalue weighted by Gasteiger charge is -2.06. The molecule has 4 rings (SSSR count). The highest BCUT2D eigenvalue weighted by atomic mass is 32.1. The maximum atomic E-state index is 14.0. The van der Waals surface area contributed by atoms with Gasteiger partial charge in [-0.2, -0.15) is 0 Å². The van der Waals surface area contributed by atoms with Crippen LogP contribution in [0.4, 0.5) is 8.63 Å². The summed E-state index contributed by atoms with van der Waals surface area (Å²) in [6, 6.07) is 14.5. The first-order chi connectivity index (χ1) is 14.9. The van der Waals surface area contributed by atoms with Gasteiger partial charge in [-0.25, -0.2) is 13.1 Å². The molecule has 0 fully saturated rings. The summed E-state index contributed by atoms with van der Waals surface area (Å²) in [5.41, 5.74) is 8.31. The van der Waals surface area contributed by atoms with Crippen molar-refractivity contribution in [2.24, 2.45) is 12.8 Å². The van der Waals surface area contributed by atoms with Gasteiger partial charge >= 0.3 is 7.40 Å². The summed E-state index contributed by atoms with van der Waals surface area (Å²) < 4.78 is 36.2. The number of nitrogens with zero attached hydrogens (tertiary/aromatic N) is 2. The summed E-state index contributed by atoms with van der Waals surface area (Å²) in [5, 5.41) is 2.00. The molecule has 1 aliphatic heterocycles. The van der Waals surface area contributed by atoms with E-state index in [0.29, 0.717) is 22.7 Å². The van der Waals surface area contributed by atoms with E-state index in [1.807, 2.05) is 41.3 Å². The van der Waals surface area contributed by atoms with Gasteiger partial charge in [-0.3, -0.25) is 4.79 Å². The molecule has 1 amide bonds. The number of ether oxygens (including phenoxy) is 1. The Morgan fingerprint density at radius 3 is 2.61 bits per heavy atom. The number of carbonyl (C=O) groups is 1. The van der Waals surface area contributed by atoms with Crippen LogP contribution in [0.25, 0.3) is 16.6 Å². The summed E-state index contributed by atoms with van der Waals surface area (Å²) in [6.07, 6.45) is 5.09. The number of thiophene rings is 1. The van der Waals surface area contributed by atoms with Gasteiger partial charge in [-0.05, 0) is 47.8 Å². The molecular weight excluding hydrogens is 419 g/mol. The van der Waals surface area contributed by atoms with Crippen LogP contribution in [-0.2, 0) is 11.8 Å². The number of amides is 1. The lowest BCUT2D eigenvalue weighted by atomic mass is 10.1. The Balaban J connectivity index is 1.65. The fourth-order valence-electron chi connectivity index (χ4n) is 3.41. The van der Waals surface area contributed by atoms with E-state index in [-0.39, 0.29) is 6.61 Å². The molecule has 0 unspecified atom stereocenters. The first-order valence-electron chi connectivity index (χ1n) is 9.49. The number of allylic oxidation sites excluding steroid dienone is 2. The molecule has 0 bridgehead atoms. The quantitative estimate of drug-likeness (QED) is 0.568. The number of nitrogens with two attached hydrogens (primary N) is 1. The number of hydrogen-bond acceptors (Lipinski definition) is 3. The van der Waals surface area contributed by atoms with E-state index in [9.17, 15) is 13.4 Å². The maximum Gasteiger partial charge on any atom is 0.935 e. The molecule has 3 heterocycles. The van der Waals surface area contributed by atoms with Gasteiger partial charge in [0.25, 0.3) is 5.91 Å². The zero-order chi connectivity index (χ0) is 22.0. The van der Waals surface area contributed by atoms with E-state index in [0.717, 1.165) is 20.8 Å². The third-order valence-corrected chi connectivity index (χ3v) is 5.80. The van der Waals surface area contributed by atoms with Gasteiger partial charge in [-0.15, -0.1) is 11.3 Å². The molecule has 0 radical (unpaired) electrons. The molecule has 156 valence electrons. The molecule has 0 atom stereocenters. The lowest BCUT2D eigenvalue weighted by Crippen LogP contribution is -2.25. The van der Waals surface area contributed by atoms with Crippen LogP contribution in [-0.4, -0.2) is 34.7 Å². The van der Waals surface area contributed by atoms with Gasteiger partial charge in [0, 0.05) is 36.5 Å². The molecule has 2 N–H and O–H groups in total. The van der Waals surface area contributed by atoms with Crippen LogP contribution in [0, 0.1) is 0 Å². The molecule has 0 aliphatic carbocycles. The van der Waals surface area contributed by atoms with Crippen LogP contribution in [0.5, 0.6) is 5.75 Å². The van der Waals surface area contributed by atoms with Gasteiger partial charge in [0.15, 0.2) is 18.0 Å². The minimum absolute atomic E-state index is 0.240. The van der Waals surface area contributed by atoms with Gasteiger partial charge in [0.2, 0.25) is 0 Å². The Morgan fingerprint density at radius 2 is 1.97 bits per heavy atom. The Hall–Kier alpha value is -3.46. The smallest absolute Gasteiger partial charge is 0.484 e. The third-order valence-electron chi connectivity index (χ3n) is 4.91. The number of carbonyl (C=O) groups excluding carboxylic acids is 1. The van der Waals surface area contributed by atoms with Crippen molar-refractivity contribution in [2.75, 3.05) is 6.61 Å². The summed E-state index contributed by atoms with van der Waals surface area (Å²) in [5.74, 6) is -0.145. The fourth-order valence-corrected chi connectivity index (χ4v) is 4.19. The van der Waals surface area contributed by atoms with Crippen molar-refractivity contribution in [1.29, 1.82) is 0 Å². The Kier molecular flexibility index (Phi) is 5.86. The first kappa shape index (κ1) is 20.8. The van der Waals surface area contributed by atoms with E-state index in [1.165, 1.54) is 0 Å². The van der Waals surface area contributed by atoms with Crippen molar-refractivity contribution in [2.45, 2.75) is 0 Å². The van der Waals surface area contributed by atoms with Crippen LogP contribution >= 0.6 is 11.3 Å². The zero-order valence-electron chi connectivity index (χ0n) is 16.7. The summed E-state index contributed by atoms with van der Waals surface area (Å²) in [6.45, 7) is -0.240. The standard InChI is InChI=1S/C22H18BF2N3O2S/c1-27-16(6-11-20(27)21-3-2-12-31-21)13-17-7-10-19(28(17)23(24)25)15-4-8-18(9-5-15)30-14-22(26)29/h2-13H,14H2,1H3,(H-,26,29)/p+1. The number of halogens is 2. The summed E-state index contributed by atoms with van der Waals surface area (Å²) in [7, 11) is -0.790. The zero-order valence-corrected chi connectivity index (χ0v) is 17.5. The predicted molar refractivity (Wildman–Crippen MR) is 119 cm³/mol. The molecule has 0 saturated heterocycles. The lowest BCUT2D eigenvalue weighted by molar-refractivity contribution is -0.339. The van der Waals surface area contributed by atoms with Crippen molar-refractivity contribution >= 4 is 36.4 Å². The molecule has 31 heavy (non-hydrogen) atoms. The van der Waals surface area contributed by atoms with Crippen molar-refractivity contribution in [3.05, 3.63) is 83.0 Å². The molecular formula is C22H19BF2N3O2S+. The second-order valence-electron chi connectivity index (χ2n) is 6.89. The maximum absolute atomic E-state index is 14.0. The van der Waals surface area contributed by atoms with Crippen LogP contribution in [0.3, 0.4) is 0 Å². The Labute approximate surface area is 182 Å². The van der Waals surface area contributed by atoms with Gasteiger partial charge in [0.05, 0.1) is 10.6 Å². The average molecular weight is 438 g/mol. The molecule has 0 saturated carbocycles. The second kappa shape index (κ2) is 8.73. The van der Waals surface area contributed by atoms with Crippen molar-refractivity contribution in [3.63, 3.8) is 0 Å². The van der Waals surface area contributed by atoms with E-state index >= 15 is 0 Å². The molecule has 9 heteroatoms. The number of aromatic nitrogens is 1. The normalized spacial score (nSPS) is 14.5. The minimum atomic E-state index is -2.71. The Bertz CT molecular complexity index is 1200. The number of primary amides is 1. The largest absolute Gasteiger partial charge is 0.935 e. The third kappa shape index (κ3) is 4.36. The highest BCUT2D eigenvalue weighted by Gasteiger charge is 2.42. The fraction of sp³-hybridized carbons (Fsp3) is 0.0909. The van der Waals surface area contributed by atoms with Crippen LogP contribution < -0.4 is 10.5 Å². The van der Waals surface area contributed by atoms with Crippen LogP contribution in [0.2, 0.25) is 0 Å². The minimum Gasteiger partial charge on any atom is -0.484 e. The molecule has 1 aromatic carbocycles. The van der Waals surface area contributed by atoms with Gasteiger partial charge in [0.1, 0.15) is 5.75 Å². The van der Waals surface area contributed by atoms with Gasteiger partial charge < -0.3 is 15.0 Å². The topological polar surface area (TPSA) is 60.3 Å².